The number of aryl methyl sites for hydroxylation is 2. The van der Waals surface area contributed by atoms with Gasteiger partial charge in [-0.1, -0.05) is 30.3 Å². The highest BCUT2D eigenvalue weighted by Gasteiger charge is 2.53. The number of oxazole rings is 1. The van der Waals surface area contributed by atoms with Crippen LogP contribution < -0.4 is 4.90 Å². The van der Waals surface area contributed by atoms with E-state index in [-0.39, 0.29) is 11.3 Å². The molecule has 2 atom stereocenters. The summed E-state index contributed by atoms with van der Waals surface area (Å²) in [5.74, 6) is 1.63. The van der Waals surface area contributed by atoms with Gasteiger partial charge in [-0.25, -0.2) is 15.0 Å². The molecule has 3 aromatic rings. The minimum atomic E-state index is -0.0390. The standard InChI is InChI=1S/C23H25N5O2/c1-17-26-20(14-30-17)21(29)27-12-19-13-28(22-24-10-5-11-25-22)16-23(19,15-27)9-8-18-6-3-2-4-7-18/h2-7,10-11,14,19H,8-9,12-13,15-16H2,1H3/t19-,23+/m1/s1. The van der Waals surface area contributed by atoms with E-state index in [2.05, 4.69) is 44.1 Å². The Labute approximate surface area is 175 Å². The number of hydrogen-bond acceptors (Lipinski definition) is 6. The number of likely N-dealkylation sites (tertiary alicyclic amines) is 1. The molecule has 0 unspecified atom stereocenters. The first-order valence-corrected chi connectivity index (χ1v) is 10.4. The van der Waals surface area contributed by atoms with Crippen molar-refractivity contribution in [3.63, 3.8) is 0 Å². The fourth-order valence-corrected chi connectivity index (χ4v) is 4.96. The molecular weight excluding hydrogens is 378 g/mol. The third kappa shape index (κ3) is 3.44. The smallest absolute Gasteiger partial charge is 0.275 e. The van der Waals surface area contributed by atoms with Gasteiger partial charge in [0.25, 0.3) is 5.91 Å². The van der Waals surface area contributed by atoms with Crippen LogP contribution in [0.4, 0.5) is 5.95 Å². The summed E-state index contributed by atoms with van der Waals surface area (Å²) in [6.07, 6.45) is 7.05. The second-order valence-corrected chi connectivity index (χ2v) is 8.41. The summed E-state index contributed by atoms with van der Waals surface area (Å²) in [7, 11) is 0. The van der Waals surface area contributed by atoms with Crippen LogP contribution in [-0.4, -0.2) is 51.9 Å². The van der Waals surface area contributed by atoms with Crippen LogP contribution in [0.15, 0.2) is 59.5 Å². The molecule has 5 rings (SSSR count). The monoisotopic (exact) mass is 403 g/mol. The Morgan fingerprint density at radius 3 is 2.67 bits per heavy atom. The summed E-state index contributed by atoms with van der Waals surface area (Å²) in [4.78, 5) is 30.4. The van der Waals surface area contributed by atoms with Crippen LogP contribution in [0.25, 0.3) is 0 Å². The number of rotatable bonds is 5. The Kier molecular flexibility index (Phi) is 4.73. The zero-order valence-corrected chi connectivity index (χ0v) is 17.1. The fraction of sp³-hybridized carbons (Fsp3) is 0.391. The van der Waals surface area contributed by atoms with E-state index in [0.717, 1.165) is 45.0 Å². The van der Waals surface area contributed by atoms with Crippen LogP contribution in [0.3, 0.4) is 0 Å². The van der Waals surface area contributed by atoms with Crippen molar-refractivity contribution < 1.29 is 9.21 Å². The molecule has 7 nitrogen and oxygen atoms in total. The average molecular weight is 403 g/mol. The lowest BCUT2D eigenvalue weighted by atomic mass is 9.76. The van der Waals surface area contributed by atoms with Gasteiger partial charge in [-0.2, -0.15) is 0 Å². The third-order valence-electron chi connectivity index (χ3n) is 6.47. The quantitative estimate of drug-likeness (QED) is 0.652. The Morgan fingerprint density at radius 2 is 1.93 bits per heavy atom. The maximum absolute atomic E-state index is 13.0. The number of amides is 1. The SMILES string of the molecule is Cc1nc(C(=O)N2C[C@@H]3CN(c4ncccn4)C[C@]3(CCc3ccccc3)C2)co1. The molecule has 2 saturated heterocycles. The van der Waals surface area contributed by atoms with E-state index in [1.54, 1.807) is 19.3 Å². The van der Waals surface area contributed by atoms with Gasteiger partial charge in [0.2, 0.25) is 5.95 Å². The molecule has 7 heteroatoms. The molecule has 0 bridgehead atoms. The summed E-state index contributed by atoms with van der Waals surface area (Å²) in [5.41, 5.74) is 1.75. The largest absolute Gasteiger partial charge is 0.448 e. The third-order valence-corrected chi connectivity index (χ3v) is 6.47. The van der Waals surface area contributed by atoms with Gasteiger partial charge >= 0.3 is 0 Å². The second kappa shape index (κ2) is 7.55. The van der Waals surface area contributed by atoms with Gasteiger partial charge in [0, 0.05) is 56.8 Å². The van der Waals surface area contributed by atoms with E-state index in [4.69, 9.17) is 4.42 Å². The molecule has 0 saturated carbocycles. The van der Waals surface area contributed by atoms with Gasteiger partial charge in [-0.3, -0.25) is 4.79 Å². The number of nitrogens with zero attached hydrogens (tertiary/aromatic N) is 5. The maximum Gasteiger partial charge on any atom is 0.275 e. The zero-order chi connectivity index (χ0) is 20.6. The number of aromatic nitrogens is 3. The minimum Gasteiger partial charge on any atom is -0.448 e. The van der Waals surface area contributed by atoms with Crippen molar-refractivity contribution in [3.05, 3.63) is 72.2 Å². The highest BCUT2D eigenvalue weighted by molar-refractivity contribution is 5.92. The lowest BCUT2D eigenvalue weighted by Crippen LogP contribution is -2.37. The maximum atomic E-state index is 13.0. The van der Waals surface area contributed by atoms with Gasteiger partial charge in [0.05, 0.1) is 0 Å². The van der Waals surface area contributed by atoms with Crippen LogP contribution in [-0.2, 0) is 6.42 Å². The van der Waals surface area contributed by atoms with Gasteiger partial charge in [0.1, 0.15) is 6.26 Å². The number of fused-ring (bicyclic) bond motifs is 1. The number of hydrogen-bond donors (Lipinski definition) is 0. The number of carbonyl (C=O) groups excluding carboxylic acids is 1. The number of anilines is 1. The molecule has 1 aromatic carbocycles. The van der Waals surface area contributed by atoms with Crippen LogP contribution in [0.2, 0.25) is 0 Å². The Bertz CT molecular complexity index is 1020. The average Bonchev–Trinajstić information content (AvgIpc) is 3.46. The van der Waals surface area contributed by atoms with Crippen molar-refractivity contribution in [3.8, 4) is 0 Å². The van der Waals surface area contributed by atoms with Crippen molar-refractivity contribution in [1.29, 1.82) is 0 Å². The summed E-state index contributed by atoms with van der Waals surface area (Å²) in [6, 6.07) is 12.4. The van der Waals surface area contributed by atoms with Crippen molar-refractivity contribution in [2.45, 2.75) is 19.8 Å². The lowest BCUT2D eigenvalue weighted by molar-refractivity contribution is 0.0764. The minimum absolute atomic E-state index is 0.0173. The molecule has 2 aliphatic heterocycles. The predicted octanol–water partition coefficient (Wildman–Crippen LogP) is 2.98. The molecule has 2 aliphatic rings. The topological polar surface area (TPSA) is 75.4 Å². The van der Waals surface area contributed by atoms with E-state index >= 15 is 0 Å². The summed E-state index contributed by atoms with van der Waals surface area (Å²) in [5, 5.41) is 0. The van der Waals surface area contributed by atoms with E-state index in [9.17, 15) is 4.79 Å². The van der Waals surface area contributed by atoms with Crippen molar-refractivity contribution in [2.75, 3.05) is 31.1 Å². The van der Waals surface area contributed by atoms with E-state index in [1.807, 2.05) is 17.0 Å². The zero-order valence-electron chi connectivity index (χ0n) is 17.1. The first kappa shape index (κ1) is 18.8. The van der Waals surface area contributed by atoms with Crippen LogP contribution in [0.1, 0.15) is 28.4 Å². The first-order valence-electron chi connectivity index (χ1n) is 10.4. The van der Waals surface area contributed by atoms with Crippen LogP contribution >= 0.6 is 0 Å². The molecule has 2 fully saturated rings. The number of carbonyl (C=O) groups is 1. The first-order chi connectivity index (χ1) is 14.6. The fourth-order valence-electron chi connectivity index (χ4n) is 4.96. The Morgan fingerprint density at radius 1 is 1.13 bits per heavy atom. The normalized spacial score (nSPS) is 23.0. The van der Waals surface area contributed by atoms with E-state index < -0.39 is 0 Å². The summed E-state index contributed by atoms with van der Waals surface area (Å²) in [6.45, 7) is 4.92. The molecular formula is C23H25N5O2. The van der Waals surface area contributed by atoms with Crippen molar-refractivity contribution in [1.82, 2.24) is 19.9 Å². The molecule has 2 aromatic heterocycles. The molecule has 154 valence electrons. The number of benzene rings is 1. The molecule has 30 heavy (non-hydrogen) atoms. The van der Waals surface area contributed by atoms with Gasteiger partial charge in [-0.05, 0) is 24.5 Å². The molecule has 0 aliphatic carbocycles. The molecule has 0 spiro atoms. The van der Waals surface area contributed by atoms with Crippen molar-refractivity contribution in [2.24, 2.45) is 11.3 Å². The van der Waals surface area contributed by atoms with Gasteiger partial charge in [-0.15, -0.1) is 0 Å². The van der Waals surface area contributed by atoms with Gasteiger partial charge in [0.15, 0.2) is 11.6 Å². The Hall–Kier alpha value is -3.22. The van der Waals surface area contributed by atoms with E-state index in [0.29, 0.717) is 17.5 Å². The molecule has 0 N–H and O–H groups in total. The van der Waals surface area contributed by atoms with Gasteiger partial charge < -0.3 is 14.2 Å². The van der Waals surface area contributed by atoms with Crippen LogP contribution in [0.5, 0.6) is 0 Å². The summed E-state index contributed by atoms with van der Waals surface area (Å²) >= 11 is 0. The predicted molar refractivity (Wildman–Crippen MR) is 112 cm³/mol. The highest BCUT2D eigenvalue weighted by atomic mass is 16.3. The summed E-state index contributed by atoms with van der Waals surface area (Å²) < 4.78 is 5.26. The molecule has 4 heterocycles. The molecule has 1 amide bonds. The Balaban J connectivity index is 1.38. The van der Waals surface area contributed by atoms with E-state index in [1.165, 1.54) is 11.8 Å². The van der Waals surface area contributed by atoms with Crippen LogP contribution in [0, 0.1) is 18.3 Å². The second-order valence-electron chi connectivity index (χ2n) is 8.41. The van der Waals surface area contributed by atoms with Crippen molar-refractivity contribution >= 4 is 11.9 Å². The lowest BCUT2D eigenvalue weighted by Gasteiger charge is -2.29. The molecule has 0 radical (unpaired) electrons. The highest BCUT2D eigenvalue weighted by Crippen LogP contribution is 2.46.